The number of para-hydroxylation sites is 1. The number of hydrogen-bond donors (Lipinski definition) is 0. The number of furan rings is 1. The van der Waals surface area contributed by atoms with Gasteiger partial charge in [-0.3, -0.25) is 0 Å². The minimum Gasteiger partial charge on any atom is -0.454 e. The number of fused-ring (bicyclic) bond motifs is 15. The quantitative estimate of drug-likeness (QED) is 0.172. The summed E-state index contributed by atoms with van der Waals surface area (Å²) in [5, 5.41) is 15.1. The molecule has 0 aliphatic heterocycles. The van der Waals surface area contributed by atoms with Gasteiger partial charge in [-0.15, -0.1) is 22.7 Å². The highest BCUT2D eigenvalue weighted by molar-refractivity contribution is 7.27. The molecule has 4 heteroatoms. The molecule has 0 bridgehead atoms. The summed E-state index contributed by atoms with van der Waals surface area (Å²) in [5.41, 5.74) is 9.75. The maximum absolute atomic E-state index is 6.88. The van der Waals surface area contributed by atoms with Crippen molar-refractivity contribution in [2.75, 3.05) is 4.90 Å². The minimum atomic E-state index is 0.867. The van der Waals surface area contributed by atoms with Gasteiger partial charge in [-0.1, -0.05) is 164 Å². The molecule has 0 aliphatic carbocycles. The zero-order valence-corrected chi connectivity index (χ0v) is 36.0. The van der Waals surface area contributed by atoms with Gasteiger partial charge in [-0.25, -0.2) is 0 Å². The monoisotopic (exact) mass is 849 g/mol. The molecule has 11 aromatic carbocycles. The SMILES string of the molecule is c1ccc2c(c1)ccc1oc3c(N(c4ccc(-c5cccc6c5sc5ccc7ccccc7c56)cc4)c4ccc(-c5cccc6c5sc5ccc7ccccc7c56)cc4)cccc3c12. The van der Waals surface area contributed by atoms with Crippen molar-refractivity contribution < 1.29 is 4.42 Å². The molecule has 64 heavy (non-hydrogen) atoms. The summed E-state index contributed by atoms with van der Waals surface area (Å²) in [7, 11) is 0. The van der Waals surface area contributed by atoms with Crippen molar-refractivity contribution >= 4 is 134 Å². The number of thiophene rings is 2. The summed E-state index contributed by atoms with van der Waals surface area (Å²) in [6.07, 6.45) is 0. The van der Waals surface area contributed by atoms with Crippen molar-refractivity contribution in [2.24, 2.45) is 0 Å². The number of anilines is 3. The Morgan fingerprint density at radius 2 is 0.766 bits per heavy atom. The molecule has 3 aromatic heterocycles. The van der Waals surface area contributed by atoms with Crippen LogP contribution in [0.25, 0.3) is 117 Å². The maximum atomic E-state index is 6.88. The van der Waals surface area contributed by atoms with Crippen molar-refractivity contribution in [1.82, 2.24) is 0 Å². The van der Waals surface area contributed by atoms with E-state index in [1.54, 1.807) is 0 Å². The van der Waals surface area contributed by atoms with E-state index in [2.05, 4.69) is 217 Å². The predicted octanol–water partition coefficient (Wildman–Crippen LogP) is 18.6. The highest BCUT2D eigenvalue weighted by Crippen LogP contribution is 2.48. The summed E-state index contributed by atoms with van der Waals surface area (Å²) in [5.74, 6) is 0. The lowest BCUT2D eigenvalue weighted by molar-refractivity contribution is 0.669. The second-order valence-corrected chi connectivity index (χ2v) is 18.8. The van der Waals surface area contributed by atoms with E-state index in [9.17, 15) is 0 Å². The molecule has 0 saturated carbocycles. The van der Waals surface area contributed by atoms with Gasteiger partial charge in [0, 0.05) is 62.5 Å². The molecule has 0 amide bonds. The van der Waals surface area contributed by atoms with E-state index in [1.165, 1.54) is 94.9 Å². The van der Waals surface area contributed by atoms with Gasteiger partial charge in [0.05, 0.1) is 5.69 Å². The van der Waals surface area contributed by atoms with Crippen LogP contribution in [0.4, 0.5) is 17.1 Å². The van der Waals surface area contributed by atoms with Crippen LogP contribution in [0.2, 0.25) is 0 Å². The van der Waals surface area contributed by atoms with Gasteiger partial charge in [0.25, 0.3) is 0 Å². The number of benzene rings is 11. The normalized spacial score (nSPS) is 12.1. The molecule has 14 rings (SSSR count). The van der Waals surface area contributed by atoms with Crippen molar-refractivity contribution in [3.8, 4) is 22.3 Å². The Morgan fingerprint density at radius 1 is 0.328 bits per heavy atom. The molecule has 0 atom stereocenters. The van der Waals surface area contributed by atoms with Crippen molar-refractivity contribution in [2.45, 2.75) is 0 Å². The van der Waals surface area contributed by atoms with Crippen LogP contribution >= 0.6 is 22.7 Å². The van der Waals surface area contributed by atoms with Crippen LogP contribution in [0.1, 0.15) is 0 Å². The van der Waals surface area contributed by atoms with Gasteiger partial charge in [-0.2, -0.15) is 0 Å². The Bertz CT molecular complexity index is 3990. The fourth-order valence-corrected chi connectivity index (χ4v) is 12.8. The lowest BCUT2D eigenvalue weighted by atomic mass is 9.99. The molecule has 2 nitrogen and oxygen atoms in total. The van der Waals surface area contributed by atoms with Crippen LogP contribution in [-0.2, 0) is 0 Å². The smallest absolute Gasteiger partial charge is 0.159 e. The van der Waals surface area contributed by atoms with Crippen LogP contribution in [0, 0.1) is 0 Å². The Labute approximate surface area is 376 Å². The fourth-order valence-electron chi connectivity index (χ4n) is 10.3. The van der Waals surface area contributed by atoms with Crippen LogP contribution in [0.15, 0.2) is 217 Å². The summed E-state index contributed by atoms with van der Waals surface area (Å²) in [6, 6.07) is 77.7. The van der Waals surface area contributed by atoms with Gasteiger partial charge >= 0.3 is 0 Å². The zero-order chi connectivity index (χ0) is 41.9. The van der Waals surface area contributed by atoms with E-state index in [0.717, 1.165) is 39.0 Å². The summed E-state index contributed by atoms with van der Waals surface area (Å²) in [4.78, 5) is 2.36. The molecule has 298 valence electrons. The summed E-state index contributed by atoms with van der Waals surface area (Å²) in [6.45, 7) is 0. The topological polar surface area (TPSA) is 16.4 Å². The molecule has 14 aromatic rings. The van der Waals surface area contributed by atoms with Gasteiger partial charge < -0.3 is 9.32 Å². The molecule has 0 saturated heterocycles. The fraction of sp³-hybridized carbons (Fsp3) is 0. The van der Waals surface area contributed by atoms with E-state index in [1.807, 2.05) is 22.7 Å². The second-order valence-electron chi connectivity index (χ2n) is 16.7. The molecule has 3 heterocycles. The molecule has 0 N–H and O–H groups in total. The lowest BCUT2D eigenvalue weighted by Crippen LogP contribution is -2.10. The average molecular weight is 850 g/mol. The minimum absolute atomic E-state index is 0.867. The van der Waals surface area contributed by atoms with E-state index >= 15 is 0 Å². The van der Waals surface area contributed by atoms with Crippen molar-refractivity contribution in [3.63, 3.8) is 0 Å². The highest BCUT2D eigenvalue weighted by atomic mass is 32.1. The first-order valence-corrected chi connectivity index (χ1v) is 23.4. The van der Waals surface area contributed by atoms with Crippen molar-refractivity contribution in [1.29, 1.82) is 0 Å². The van der Waals surface area contributed by atoms with E-state index in [-0.39, 0.29) is 0 Å². The highest BCUT2D eigenvalue weighted by Gasteiger charge is 2.22. The number of rotatable bonds is 5. The lowest BCUT2D eigenvalue weighted by Gasteiger charge is -2.26. The Hall–Kier alpha value is -7.76. The second kappa shape index (κ2) is 13.9. The molecular weight excluding hydrogens is 815 g/mol. The third-order valence-corrected chi connectivity index (χ3v) is 15.7. The molecular formula is C60H35NOS2. The van der Waals surface area contributed by atoms with Gasteiger partial charge in [0.1, 0.15) is 5.58 Å². The standard InChI is InChI=1S/C60H35NOS2/c1-4-13-43-36(10-1)26-33-52-55(43)48-18-9-21-51(58(48)62-52)61(41-29-22-39(23-30-41)46-16-7-19-49-56-44-14-5-2-11-37(44)27-34-53(56)63-59(46)49)42-31-24-40(25-32-42)47-17-8-20-50-57-45-15-6-3-12-38(45)28-35-54(57)64-60(47)50/h1-35H. The average Bonchev–Trinajstić information content (AvgIpc) is 4.07. The molecule has 0 aliphatic rings. The van der Waals surface area contributed by atoms with Crippen LogP contribution < -0.4 is 4.90 Å². The summed E-state index contributed by atoms with van der Waals surface area (Å²) < 4.78 is 12.1. The molecule has 0 unspecified atom stereocenters. The Balaban J connectivity index is 0.929. The van der Waals surface area contributed by atoms with Crippen LogP contribution in [0.3, 0.4) is 0 Å². The van der Waals surface area contributed by atoms with E-state index < -0.39 is 0 Å². The van der Waals surface area contributed by atoms with Gasteiger partial charge in [-0.05, 0) is 103 Å². The zero-order valence-electron chi connectivity index (χ0n) is 34.4. The van der Waals surface area contributed by atoms with Crippen LogP contribution in [-0.4, -0.2) is 0 Å². The molecule has 0 radical (unpaired) electrons. The largest absolute Gasteiger partial charge is 0.454 e. The van der Waals surface area contributed by atoms with E-state index in [0.29, 0.717) is 0 Å². The predicted molar refractivity (Wildman–Crippen MR) is 278 cm³/mol. The molecule has 0 fully saturated rings. The first-order valence-electron chi connectivity index (χ1n) is 21.7. The maximum Gasteiger partial charge on any atom is 0.159 e. The number of hydrogen-bond acceptors (Lipinski definition) is 4. The first kappa shape index (κ1) is 35.8. The van der Waals surface area contributed by atoms with Crippen LogP contribution in [0.5, 0.6) is 0 Å². The Morgan fingerprint density at radius 3 is 1.30 bits per heavy atom. The Kier molecular flexibility index (Phi) is 7.76. The third kappa shape index (κ3) is 5.30. The molecule has 0 spiro atoms. The van der Waals surface area contributed by atoms with Gasteiger partial charge in [0.15, 0.2) is 5.58 Å². The number of nitrogens with zero attached hydrogens (tertiary/aromatic N) is 1. The van der Waals surface area contributed by atoms with Gasteiger partial charge in [0.2, 0.25) is 0 Å². The summed E-state index contributed by atoms with van der Waals surface area (Å²) >= 11 is 3.77. The first-order chi connectivity index (χ1) is 31.7. The van der Waals surface area contributed by atoms with Crippen molar-refractivity contribution in [3.05, 3.63) is 212 Å². The third-order valence-electron chi connectivity index (χ3n) is 13.3. The van der Waals surface area contributed by atoms with E-state index in [4.69, 9.17) is 4.42 Å².